The quantitative estimate of drug-likeness (QED) is 0.761. The van der Waals surface area contributed by atoms with Crippen LogP contribution < -0.4 is 5.32 Å². The molecule has 1 aromatic rings. The van der Waals surface area contributed by atoms with Gasteiger partial charge in [0.25, 0.3) is 5.91 Å². The Morgan fingerprint density at radius 2 is 1.84 bits per heavy atom. The minimum absolute atomic E-state index is 0. The van der Waals surface area contributed by atoms with Crippen molar-refractivity contribution in [3.63, 3.8) is 0 Å². The molecule has 2 heterocycles. The molecule has 0 radical (unpaired) electrons. The summed E-state index contributed by atoms with van der Waals surface area (Å²) in [6.45, 7) is 10.00. The minimum Gasteiger partial charge on any atom is -0.450 e. The van der Waals surface area contributed by atoms with Crippen LogP contribution in [0.1, 0.15) is 65.4 Å². The van der Waals surface area contributed by atoms with Crippen molar-refractivity contribution in [2.24, 2.45) is 0 Å². The normalized spacial score (nSPS) is 21.2. The van der Waals surface area contributed by atoms with Crippen LogP contribution in [0.3, 0.4) is 0 Å². The number of carbonyl (C=O) groups is 2. The van der Waals surface area contributed by atoms with E-state index in [0.29, 0.717) is 12.6 Å². The third-order valence-electron chi connectivity index (χ3n) is 7.41. The van der Waals surface area contributed by atoms with Gasteiger partial charge in [-0.15, -0.1) is 0 Å². The minimum atomic E-state index is -0.175. The molecular weight excluding hydrogens is 402 g/mol. The number of likely N-dealkylation sites (tertiary alicyclic amines) is 2. The number of fused-ring (bicyclic) bond motifs is 2. The lowest BCUT2D eigenvalue weighted by molar-refractivity contribution is -0.116. The summed E-state index contributed by atoms with van der Waals surface area (Å²) in [5.74, 6) is 0.0353. The molecule has 6 heteroatoms. The number of allylic oxidation sites excluding steroid dienone is 1. The molecule has 3 aliphatic rings. The van der Waals surface area contributed by atoms with Gasteiger partial charge >= 0.3 is 6.09 Å². The van der Waals surface area contributed by atoms with Crippen LogP contribution in [0, 0.1) is 0 Å². The Hall–Kier alpha value is -2.34. The van der Waals surface area contributed by atoms with Gasteiger partial charge in [-0.2, -0.15) is 0 Å². The van der Waals surface area contributed by atoms with Crippen LogP contribution in [0.15, 0.2) is 30.3 Å². The Morgan fingerprint density at radius 3 is 2.50 bits per heavy atom. The van der Waals surface area contributed by atoms with Gasteiger partial charge in [-0.1, -0.05) is 30.3 Å². The highest BCUT2D eigenvalue weighted by atomic mass is 16.6. The third-order valence-corrected chi connectivity index (χ3v) is 7.41. The lowest BCUT2D eigenvalue weighted by atomic mass is 9.65. The molecule has 176 valence electrons. The molecule has 32 heavy (non-hydrogen) atoms. The molecule has 0 bridgehead atoms. The van der Waals surface area contributed by atoms with E-state index < -0.39 is 0 Å². The number of rotatable bonds is 4. The fourth-order valence-electron chi connectivity index (χ4n) is 5.67. The van der Waals surface area contributed by atoms with Gasteiger partial charge in [0.1, 0.15) is 0 Å². The maximum absolute atomic E-state index is 12.8. The first-order valence-corrected chi connectivity index (χ1v) is 12.2. The van der Waals surface area contributed by atoms with E-state index in [0.717, 1.165) is 69.4 Å². The van der Waals surface area contributed by atoms with E-state index in [1.807, 2.05) is 31.7 Å². The molecule has 1 aliphatic carbocycles. The topological polar surface area (TPSA) is 61.9 Å². The molecular formula is C26H39N3O3. The number of amides is 2. The lowest BCUT2D eigenvalue weighted by Crippen LogP contribution is -2.52. The number of hydrogen-bond acceptors (Lipinski definition) is 4. The van der Waals surface area contributed by atoms with E-state index in [-0.39, 0.29) is 24.9 Å². The summed E-state index contributed by atoms with van der Waals surface area (Å²) in [6, 6.07) is 9.17. The molecule has 1 N–H and O–H groups in total. The van der Waals surface area contributed by atoms with Crippen LogP contribution in [0.5, 0.6) is 0 Å². The van der Waals surface area contributed by atoms with Gasteiger partial charge in [0.15, 0.2) is 0 Å². The number of benzene rings is 1. The number of carbonyl (C=O) groups excluding carboxylic acids is 2. The van der Waals surface area contributed by atoms with Crippen LogP contribution >= 0.6 is 0 Å². The van der Waals surface area contributed by atoms with Crippen molar-refractivity contribution in [3.8, 4) is 0 Å². The van der Waals surface area contributed by atoms with Gasteiger partial charge in [0.05, 0.1) is 6.61 Å². The third kappa shape index (κ3) is 4.56. The molecule has 0 saturated carbocycles. The van der Waals surface area contributed by atoms with Gasteiger partial charge in [-0.05, 0) is 77.1 Å². The molecule has 0 unspecified atom stereocenters. The first-order valence-electron chi connectivity index (χ1n) is 12.2. The highest BCUT2D eigenvalue weighted by Crippen LogP contribution is 2.46. The van der Waals surface area contributed by atoms with Gasteiger partial charge in [-0.25, -0.2) is 4.79 Å². The molecule has 0 aromatic heterocycles. The van der Waals surface area contributed by atoms with Crippen LogP contribution in [-0.4, -0.2) is 66.7 Å². The highest BCUT2D eigenvalue weighted by molar-refractivity contribution is 6.20. The molecule has 0 atom stereocenters. The smallest absolute Gasteiger partial charge is 0.409 e. The summed E-state index contributed by atoms with van der Waals surface area (Å²) in [4.78, 5) is 29.3. The van der Waals surface area contributed by atoms with Gasteiger partial charge in [0, 0.05) is 37.6 Å². The maximum atomic E-state index is 12.8. The molecule has 2 aliphatic heterocycles. The van der Waals surface area contributed by atoms with Crippen LogP contribution in [0.4, 0.5) is 4.79 Å². The standard InChI is InChI=1S/C26H37N3O3.H2/c1-4-32-25(31)29-15-10-20(11-16-29)28-17-13-26(14-18-28)12-9-22(24(30)27-19(2)3)21-7-5-6-8-23(21)26;/h5-9,19-20H,4,10-18H2,1-3H3,(H,27,30);1H. The second-order valence-corrected chi connectivity index (χ2v) is 9.73. The summed E-state index contributed by atoms with van der Waals surface area (Å²) < 4.78 is 5.16. The van der Waals surface area contributed by atoms with Crippen molar-refractivity contribution < 1.29 is 15.8 Å². The van der Waals surface area contributed by atoms with Crippen molar-refractivity contribution >= 4 is 17.6 Å². The molecule has 4 rings (SSSR count). The Balaban J connectivity index is 0.00000306. The molecule has 2 amide bonds. The van der Waals surface area contributed by atoms with E-state index in [4.69, 9.17) is 4.74 Å². The Labute approximate surface area is 193 Å². The molecule has 1 spiro atoms. The van der Waals surface area contributed by atoms with Gasteiger partial charge in [0.2, 0.25) is 0 Å². The van der Waals surface area contributed by atoms with E-state index in [9.17, 15) is 9.59 Å². The van der Waals surface area contributed by atoms with Crippen LogP contribution in [-0.2, 0) is 14.9 Å². The molecule has 1 aromatic carbocycles. The molecule has 2 fully saturated rings. The van der Waals surface area contributed by atoms with E-state index >= 15 is 0 Å². The van der Waals surface area contributed by atoms with Crippen LogP contribution in [0.25, 0.3) is 5.57 Å². The fourth-order valence-corrected chi connectivity index (χ4v) is 5.67. The summed E-state index contributed by atoms with van der Waals surface area (Å²) in [6.07, 6.45) is 7.18. The van der Waals surface area contributed by atoms with Crippen molar-refractivity contribution in [2.45, 2.75) is 70.4 Å². The van der Waals surface area contributed by atoms with E-state index in [2.05, 4.69) is 34.5 Å². The predicted molar refractivity (Wildman–Crippen MR) is 129 cm³/mol. The number of hydrogen-bond donors (Lipinski definition) is 1. The first-order chi connectivity index (χ1) is 15.4. The van der Waals surface area contributed by atoms with E-state index in [1.54, 1.807) is 0 Å². The Bertz CT molecular complexity index is 869. The molecule has 6 nitrogen and oxygen atoms in total. The van der Waals surface area contributed by atoms with Gasteiger partial charge in [-0.3, -0.25) is 4.79 Å². The van der Waals surface area contributed by atoms with Crippen LogP contribution in [0.2, 0.25) is 0 Å². The summed E-state index contributed by atoms with van der Waals surface area (Å²) in [5, 5.41) is 3.06. The zero-order valence-electron chi connectivity index (χ0n) is 19.7. The number of ether oxygens (including phenoxy) is 1. The Morgan fingerprint density at radius 1 is 1.16 bits per heavy atom. The predicted octanol–water partition coefficient (Wildman–Crippen LogP) is 4.20. The summed E-state index contributed by atoms with van der Waals surface area (Å²) >= 11 is 0. The summed E-state index contributed by atoms with van der Waals surface area (Å²) in [5.41, 5.74) is 3.40. The SMILES string of the molecule is CCOC(=O)N1CCC(N2CCC3(CC=C(C(=O)NC(C)C)c4ccccc43)CC2)CC1.[HH]. The van der Waals surface area contributed by atoms with Gasteiger partial charge < -0.3 is 19.9 Å². The average Bonchev–Trinajstić information content (AvgIpc) is 2.80. The first kappa shape index (κ1) is 22.8. The largest absolute Gasteiger partial charge is 0.450 e. The van der Waals surface area contributed by atoms with E-state index in [1.165, 1.54) is 5.56 Å². The van der Waals surface area contributed by atoms with Crippen molar-refractivity contribution in [1.82, 2.24) is 15.1 Å². The summed E-state index contributed by atoms with van der Waals surface area (Å²) in [7, 11) is 0. The second kappa shape index (κ2) is 9.65. The number of nitrogens with one attached hydrogen (secondary N) is 1. The monoisotopic (exact) mass is 441 g/mol. The van der Waals surface area contributed by atoms with Crippen molar-refractivity contribution in [2.75, 3.05) is 32.8 Å². The van der Waals surface area contributed by atoms with Crippen molar-refractivity contribution in [3.05, 3.63) is 41.5 Å². The second-order valence-electron chi connectivity index (χ2n) is 9.73. The number of nitrogens with zero attached hydrogens (tertiary/aromatic N) is 2. The fraction of sp³-hybridized carbons (Fsp3) is 0.615. The zero-order chi connectivity index (χ0) is 22.7. The molecule has 2 saturated heterocycles. The Kier molecular flexibility index (Phi) is 6.89. The maximum Gasteiger partial charge on any atom is 0.409 e. The van der Waals surface area contributed by atoms with Crippen molar-refractivity contribution in [1.29, 1.82) is 0 Å². The zero-order valence-corrected chi connectivity index (χ0v) is 19.7. The average molecular weight is 442 g/mol. The lowest BCUT2D eigenvalue weighted by Gasteiger charge is -2.48. The number of piperidine rings is 2. The highest BCUT2D eigenvalue weighted by Gasteiger charge is 2.42.